The standard InChI is InChI=1S/C25H31N3O6S/c1-3-34-23(29)18-28-24(30)22(17-19-7-5-4-6-8-19)26-25(28)13-15-27(16-14-25)35(31,32)21-11-9-20(33-2)10-12-21/h4-12,22,26H,3,13-18H2,1-2H3. The van der Waals surface area contributed by atoms with E-state index in [1.165, 1.54) is 23.5 Å². The lowest BCUT2D eigenvalue weighted by molar-refractivity contribution is -0.151. The number of carbonyl (C=O) groups excluding carboxylic acids is 2. The third-order valence-electron chi connectivity index (χ3n) is 6.65. The summed E-state index contributed by atoms with van der Waals surface area (Å²) in [5.74, 6) is -0.0710. The molecule has 1 atom stereocenters. The van der Waals surface area contributed by atoms with Crippen molar-refractivity contribution in [1.29, 1.82) is 0 Å². The lowest BCUT2D eigenvalue weighted by Gasteiger charge is -2.43. The quantitative estimate of drug-likeness (QED) is 0.550. The Morgan fingerprint density at radius 1 is 1.09 bits per heavy atom. The summed E-state index contributed by atoms with van der Waals surface area (Å²) in [5, 5.41) is 3.46. The Hall–Kier alpha value is -2.95. The molecular weight excluding hydrogens is 470 g/mol. The van der Waals surface area contributed by atoms with E-state index in [4.69, 9.17) is 9.47 Å². The molecular formula is C25H31N3O6S. The summed E-state index contributed by atoms with van der Waals surface area (Å²) in [6.07, 6.45) is 1.20. The first kappa shape index (κ1) is 25.2. The molecule has 0 radical (unpaired) electrons. The molecule has 2 aromatic rings. The number of esters is 1. The molecule has 1 amide bonds. The van der Waals surface area contributed by atoms with E-state index in [-0.39, 0.29) is 37.0 Å². The van der Waals surface area contributed by atoms with Gasteiger partial charge in [0.1, 0.15) is 12.3 Å². The van der Waals surface area contributed by atoms with Gasteiger partial charge in [-0.05, 0) is 56.0 Å². The van der Waals surface area contributed by atoms with Gasteiger partial charge in [-0.1, -0.05) is 30.3 Å². The lowest BCUT2D eigenvalue weighted by atomic mass is 9.97. The minimum absolute atomic E-state index is 0.170. The molecule has 0 saturated carbocycles. The van der Waals surface area contributed by atoms with Gasteiger partial charge in [-0.15, -0.1) is 0 Å². The van der Waals surface area contributed by atoms with E-state index in [1.807, 2.05) is 30.3 Å². The van der Waals surface area contributed by atoms with Gasteiger partial charge in [-0.25, -0.2) is 8.42 Å². The lowest BCUT2D eigenvalue weighted by Crippen LogP contribution is -2.60. The second-order valence-corrected chi connectivity index (χ2v) is 10.7. The number of hydrogen-bond acceptors (Lipinski definition) is 7. The minimum atomic E-state index is -3.70. The molecule has 35 heavy (non-hydrogen) atoms. The van der Waals surface area contributed by atoms with Crippen LogP contribution in [-0.4, -0.2) is 74.6 Å². The molecule has 10 heteroatoms. The van der Waals surface area contributed by atoms with Crippen molar-refractivity contribution < 1.29 is 27.5 Å². The van der Waals surface area contributed by atoms with Crippen LogP contribution >= 0.6 is 0 Å². The topological polar surface area (TPSA) is 105 Å². The molecule has 2 aliphatic rings. The van der Waals surface area contributed by atoms with Crippen LogP contribution in [0.25, 0.3) is 0 Å². The Morgan fingerprint density at radius 2 is 1.74 bits per heavy atom. The largest absolute Gasteiger partial charge is 0.497 e. The van der Waals surface area contributed by atoms with E-state index in [9.17, 15) is 18.0 Å². The van der Waals surface area contributed by atoms with Crippen LogP contribution in [0.3, 0.4) is 0 Å². The highest BCUT2D eigenvalue weighted by atomic mass is 32.2. The molecule has 2 aromatic carbocycles. The van der Waals surface area contributed by atoms with Gasteiger partial charge in [0, 0.05) is 13.1 Å². The number of hydrogen-bond donors (Lipinski definition) is 1. The maximum absolute atomic E-state index is 13.4. The van der Waals surface area contributed by atoms with Crippen LogP contribution in [0.5, 0.6) is 5.75 Å². The molecule has 0 bridgehead atoms. The summed E-state index contributed by atoms with van der Waals surface area (Å²) < 4.78 is 38.1. The van der Waals surface area contributed by atoms with Crippen molar-refractivity contribution in [3.05, 3.63) is 60.2 Å². The van der Waals surface area contributed by atoms with Crippen molar-refractivity contribution in [3.63, 3.8) is 0 Å². The first-order chi connectivity index (χ1) is 16.8. The van der Waals surface area contributed by atoms with Crippen molar-refractivity contribution >= 4 is 21.9 Å². The SMILES string of the molecule is CCOC(=O)CN1C(=O)C(Cc2ccccc2)NC12CCN(S(=O)(=O)c1ccc(OC)cc1)CC2. The molecule has 2 heterocycles. The van der Waals surface area contributed by atoms with E-state index < -0.39 is 27.7 Å². The van der Waals surface area contributed by atoms with Crippen LogP contribution in [0.1, 0.15) is 25.3 Å². The van der Waals surface area contributed by atoms with Crippen molar-refractivity contribution in [3.8, 4) is 5.75 Å². The van der Waals surface area contributed by atoms with E-state index in [2.05, 4.69) is 5.32 Å². The Bertz CT molecular complexity index is 1150. The average Bonchev–Trinajstić information content (AvgIpc) is 3.10. The zero-order chi connectivity index (χ0) is 25.1. The molecule has 9 nitrogen and oxygen atoms in total. The first-order valence-electron chi connectivity index (χ1n) is 11.7. The summed E-state index contributed by atoms with van der Waals surface area (Å²) in [6, 6.07) is 15.5. The number of amides is 1. The summed E-state index contributed by atoms with van der Waals surface area (Å²) in [5.41, 5.74) is 0.195. The zero-order valence-corrected chi connectivity index (χ0v) is 20.8. The van der Waals surface area contributed by atoms with Crippen LogP contribution < -0.4 is 10.1 Å². The summed E-state index contributed by atoms with van der Waals surface area (Å²) >= 11 is 0. The smallest absolute Gasteiger partial charge is 0.325 e. The molecule has 1 spiro atoms. The third-order valence-corrected chi connectivity index (χ3v) is 8.56. The highest BCUT2D eigenvalue weighted by molar-refractivity contribution is 7.89. The van der Waals surface area contributed by atoms with Crippen LogP contribution in [0.15, 0.2) is 59.5 Å². The normalized spacial score (nSPS) is 20.2. The Morgan fingerprint density at radius 3 is 2.34 bits per heavy atom. The number of benzene rings is 2. The summed E-state index contributed by atoms with van der Waals surface area (Å²) in [7, 11) is -2.18. The Kier molecular flexibility index (Phi) is 7.44. The molecule has 4 rings (SSSR count). The van der Waals surface area contributed by atoms with Gasteiger partial charge in [0.25, 0.3) is 0 Å². The fourth-order valence-corrected chi connectivity index (χ4v) is 6.27. The van der Waals surface area contributed by atoms with Crippen LogP contribution in [0.4, 0.5) is 0 Å². The molecule has 0 aliphatic carbocycles. The number of nitrogens with one attached hydrogen (secondary N) is 1. The second kappa shape index (κ2) is 10.3. The summed E-state index contributed by atoms with van der Waals surface area (Å²) in [4.78, 5) is 27.5. The van der Waals surface area contributed by atoms with E-state index >= 15 is 0 Å². The summed E-state index contributed by atoms with van der Waals surface area (Å²) in [6.45, 7) is 2.20. The fourth-order valence-electron chi connectivity index (χ4n) is 4.82. The van der Waals surface area contributed by atoms with Gasteiger partial charge in [-0.2, -0.15) is 4.31 Å². The molecule has 188 valence electrons. The first-order valence-corrected chi connectivity index (χ1v) is 13.2. The van der Waals surface area contributed by atoms with Gasteiger partial charge in [0.2, 0.25) is 15.9 Å². The maximum atomic E-state index is 13.4. The molecule has 2 saturated heterocycles. The van der Waals surface area contributed by atoms with Crippen molar-refractivity contribution in [1.82, 2.24) is 14.5 Å². The molecule has 2 fully saturated rings. The number of ether oxygens (including phenoxy) is 2. The van der Waals surface area contributed by atoms with Gasteiger partial charge < -0.3 is 14.4 Å². The highest BCUT2D eigenvalue weighted by Crippen LogP contribution is 2.35. The average molecular weight is 502 g/mol. The predicted octanol–water partition coefficient (Wildman–Crippen LogP) is 1.78. The van der Waals surface area contributed by atoms with Crippen molar-refractivity contribution in [2.24, 2.45) is 0 Å². The third kappa shape index (κ3) is 5.19. The second-order valence-electron chi connectivity index (χ2n) is 8.73. The number of rotatable bonds is 8. The van der Waals surface area contributed by atoms with Crippen LogP contribution in [-0.2, 0) is 30.8 Å². The monoisotopic (exact) mass is 501 g/mol. The van der Waals surface area contributed by atoms with Crippen molar-refractivity contribution in [2.75, 3.05) is 33.4 Å². The van der Waals surface area contributed by atoms with Crippen molar-refractivity contribution in [2.45, 2.75) is 42.8 Å². The minimum Gasteiger partial charge on any atom is -0.497 e. The molecule has 0 aromatic heterocycles. The van der Waals surface area contributed by atoms with E-state index in [0.29, 0.717) is 25.0 Å². The Balaban J connectivity index is 1.53. The Labute approximate surface area is 206 Å². The number of piperidine rings is 1. The van der Waals surface area contributed by atoms with Gasteiger partial charge in [-0.3, -0.25) is 14.9 Å². The number of nitrogens with zero attached hydrogens (tertiary/aromatic N) is 2. The van der Waals surface area contributed by atoms with Gasteiger partial charge in [0.15, 0.2) is 0 Å². The van der Waals surface area contributed by atoms with Gasteiger partial charge in [0.05, 0.1) is 30.3 Å². The van der Waals surface area contributed by atoms with E-state index in [1.54, 1.807) is 24.0 Å². The van der Waals surface area contributed by atoms with E-state index in [0.717, 1.165) is 5.56 Å². The number of methoxy groups -OCH3 is 1. The fraction of sp³-hybridized carbons (Fsp3) is 0.440. The predicted molar refractivity (Wildman–Crippen MR) is 129 cm³/mol. The zero-order valence-electron chi connectivity index (χ0n) is 20.0. The number of sulfonamides is 1. The number of carbonyl (C=O) groups is 2. The highest BCUT2D eigenvalue weighted by Gasteiger charge is 2.53. The van der Waals surface area contributed by atoms with Crippen LogP contribution in [0, 0.1) is 0 Å². The maximum Gasteiger partial charge on any atom is 0.325 e. The molecule has 2 aliphatic heterocycles. The molecule has 1 unspecified atom stereocenters. The van der Waals surface area contributed by atoms with Crippen LogP contribution in [0.2, 0.25) is 0 Å². The van der Waals surface area contributed by atoms with Gasteiger partial charge >= 0.3 is 5.97 Å². The molecule has 1 N–H and O–H groups in total.